The highest BCUT2D eigenvalue weighted by molar-refractivity contribution is 5.89. The SMILES string of the molecule is Cc1ccc(F)cc1Nc1nc(N)nc2[nH]ncc12. The molecule has 96 valence electrons. The molecule has 2 aromatic heterocycles. The normalized spacial score (nSPS) is 10.8. The molecule has 0 fully saturated rings. The van der Waals surface area contributed by atoms with Crippen LogP contribution in [0.5, 0.6) is 0 Å². The van der Waals surface area contributed by atoms with Crippen molar-refractivity contribution in [2.45, 2.75) is 6.92 Å². The second-order valence-electron chi connectivity index (χ2n) is 4.15. The molecule has 0 radical (unpaired) electrons. The zero-order valence-electron chi connectivity index (χ0n) is 10.1. The van der Waals surface area contributed by atoms with Gasteiger partial charge in [0, 0.05) is 5.69 Å². The van der Waals surface area contributed by atoms with E-state index in [1.807, 2.05) is 6.92 Å². The van der Waals surface area contributed by atoms with Gasteiger partial charge in [-0.25, -0.2) is 4.39 Å². The van der Waals surface area contributed by atoms with E-state index >= 15 is 0 Å². The molecule has 0 aliphatic rings. The molecule has 0 atom stereocenters. The second-order valence-corrected chi connectivity index (χ2v) is 4.15. The van der Waals surface area contributed by atoms with Crippen LogP contribution in [0.2, 0.25) is 0 Å². The van der Waals surface area contributed by atoms with Crippen molar-refractivity contribution in [2.24, 2.45) is 0 Å². The van der Waals surface area contributed by atoms with E-state index in [0.717, 1.165) is 5.56 Å². The van der Waals surface area contributed by atoms with Crippen molar-refractivity contribution in [1.29, 1.82) is 0 Å². The van der Waals surface area contributed by atoms with Gasteiger partial charge in [-0.1, -0.05) is 6.07 Å². The number of nitrogens with zero attached hydrogens (tertiary/aromatic N) is 3. The second kappa shape index (κ2) is 4.20. The molecule has 7 heteroatoms. The number of anilines is 3. The lowest BCUT2D eigenvalue weighted by atomic mass is 10.2. The molecule has 2 heterocycles. The number of aromatic nitrogens is 4. The molecule has 0 bridgehead atoms. The van der Waals surface area contributed by atoms with E-state index < -0.39 is 0 Å². The molecule has 0 unspecified atom stereocenters. The van der Waals surface area contributed by atoms with E-state index in [1.54, 1.807) is 12.3 Å². The van der Waals surface area contributed by atoms with Crippen molar-refractivity contribution in [2.75, 3.05) is 11.1 Å². The number of H-pyrrole nitrogens is 1. The fraction of sp³-hybridized carbons (Fsp3) is 0.0833. The van der Waals surface area contributed by atoms with E-state index in [2.05, 4.69) is 25.5 Å². The minimum Gasteiger partial charge on any atom is -0.368 e. The molecule has 0 saturated heterocycles. The number of fused-ring (bicyclic) bond motifs is 1. The monoisotopic (exact) mass is 258 g/mol. The van der Waals surface area contributed by atoms with Crippen LogP contribution in [0, 0.1) is 12.7 Å². The van der Waals surface area contributed by atoms with E-state index in [1.165, 1.54) is 12.1 Å². The van der Waals surface area contributed by atoms with Gasteiger partial charge in [-0.15, -0.1) is 0 Å². The molecule has 3 rings (SSSR count). The number of nitrogens with two attached hydrogens (primary N) is 1. The van der Waals surface area contributed by atoms with Crippen LogP contribution in [0.1, 0.15) is 5.56 Å². The summed E-state index contributed by atoms with van der Waals surface area (Å²) >= 11 is 0. The first-order valence-corrected chi connectivity index (χ1v) is 5.63. The number of nitrogen functional groups attached to an aromatic ring is 1. The Morgan fingerprint density at radius 3 is 3.00 bits per heavy atom. The molecule has 0 saturated carbocycles. The van der Waals surface area contributed by atoms with Crippen LogP contribution in [-0.2, 0) is 0 Å². The number of aromatic amines is 1. The minimum absolute atomic E-state index is 0.119. The Balaban J connectivity index is 2.10. The molecule has 4 N–H and O–H groups in total. The Kier molecular flexibility index (Phi) is 2.52. The van der Waals surface area contributed by atoms with Gasteiger partial charge in [0.1, 0.15) is 11.6 Å². The summed E-state index contributed by atoms with van der Waals surface area (Å²) in [6, 6.07) is 4.50. The predicted octanol–water partition coefficient (Wildman–Crippen LogP) is 2.13. The molecule has 0 amide bonds. The van der Waals surface area contributed by atoms with Crippen molar-refractivity contribution in [1.82, 2.24) is 20.2 Å². The largest absolute Gasteiger partial charge is 0.368 e. The lowest BCUT2D eigenvalue weighted by Crippen LogP contribution is -2.02. The number of rotatable bonds is 2. The van der Waals surface area contributed by atoms with Crippen LogP contribution >= 0.6 is 0 Å². The lowest BCUT2D eigenvalue weighted by molar-refractivity contribution is 0.628. The van der Waals surface area contributed by atoms with Gasteiger partial charge < -0.3 is 11.1 Å². The zero-order valence-corrected chi connectivity index (χ0v) is 10.1. The van der Waals surface area contributed by atoms with Gasteiger partial charge in [0.2, 0.25) is 5.95 Å². The molecule has 0 spiro atoms. The molecular formula is C12H11FN6. The van der Waals surface area contributed by atoms with Crippen molar-refractivity contribution in [3.05, 3.63) is 35.8 Å². The molecule has 0 aliphatic heterocycles. The van der Waals surface area contributed by atoms with Crippen LogP contribution in [0.25, 0.3) is 11.0 Å². The minimum atomic E-state index is -0.321. The molecule has 6 nitrogen and oxygen atoms in total. The van der Waals surface area contributed by atoms with Gasteiger partial charge in [-0.2, -0.15) is 15.1 Å². The van der Waals surface area contributed by atoms with E-state index in [-0.39, 0.29) is 11.8 Å². The van der Waals surface area contributed by atoms with Gasteiger partial charge >= 0.3 is 0 Å². The molecular weight excluding hydrogens is 247 g/mol. The van der Waals surface area contributed by atoms with Crippen molar-refractivity contribution in [3.8, 4) is 0 Å². The van der Waals surface area contributed by atoms with Crippen molar-refractivity contribution in [3.63, 3.8) is 0 Å². The highest BCUT2D eigenvalue weighted by Gasteiger charge is 2.09. The highest BCUT2D eigenvalue weighted by Crippen LogP contribution is 2.25. The molecule has 3 aromatic rings. The van der Waals surface area contributed by atoms with Gasteiger partial charge in [0.25, 0.3) is 0 Å². The molecule has 1 aromatic carbocycles. The lowest BCUT2D eigenvalue weighted by Gasteiger charge is -2.09. The van der Waals surface area contributed by atoms with Crippen LogP contribution in [0.15, 0.2) is 24.4 Å². The first kappa shape index (κ1) is 11.4. The number of hydrogen-bond acceptors (Lipinski definition) is 5. The third kappa shape index (κ3) is 2.05. The Labute approximate surface area is 107 Å². The molecule has 0 aliphatic carbocycles. The summed E-state index contributed by atoms with van der Waals surface area (Å²) in [6.07, 6.45) is 1.59. The maximum atomic E-state index is 13.3. The van der Waals surface area contributed by atoms with Crippen molar-refractivity contribution >= 4 is 28.5 Å². The van der Waals surface area contributed by atoms with Gasteiger partial charge in [-0.05, 0) is 24.6 Å². The fourth-order valence-electron chi connectivity index (χ4n) is 1.80. The summed E-state index contributed by atoms with van der Waals surface area (Å²) in [4.78, 5) is 8.13. The van der Waals surface area contributed by atoms with Gasteiger partial charge in [0.05, 0.1) is 11.6 Å². The Hall–Kier alpha value is -2.70. The Bertz CT molecular complexity index is 751. The highest BCUT2D eigenvalue weighted by atomic mass is 19.1. The number of nitrogens with one attached hydrogen (secondary N) is 2. The smallest absolute Gasteiger partial charge is 0.224 e. The maximum Gasteiger partial charge on any atom is 0.224 e. The summed E-state index contributed by atoms with van der Waals surface area (Å²) in [6.45, 7) is 1.87. The van der Waals surface area contributed by atoms with E-state index in [0.29, 0.717) is 22.5 Å². The predicted molar refractivity (Wildman–Crippen MR) is 70.5 cm³/mol. The third-order valence-electron chi connectivity index (χ3n) is 2.78. The average molecular weight is 258 g/mol. The van der Waals surface area contributed by atoms with Crippen LogP contribution < -0.4 is 11.1 Å². The van der Waals surface area contributed by atoms with Crippen LogP contribution in [0.3, 0.4) is 0 Å². The van der Waals surface area contributed by atoms with Crippen LogP contribution in [0.4, 0.5) is 21.8 Å². The standard InChI is InChI=1S/C12H11FN6/c1-6-2-3-7(13)4-9(6)16-10-8-5-15-19-11(8)18-12(14)17-10/h2-5H,1H3,(H4,14,15,16,17,18,19). The van der Waals surface area contributed by atoms with Gasteiger partial charge in [-0.3, -0.25) is 5.10 Å². The summed E-state index contributed by atoms with van der Waals surface area (Å²) in [5.74, 6) is 0.289. The maximum absolute atomic E-state index is 13.3. The number of hydrogen-bond donors (Lipinski definition) is 3. The molecule has 19 heavy (non-hydrogen) atoms. The first-order valence-electron chi connectivity index (χ1n) is 5.63. The van der Waals surface area contributed by atoms with Crippen molar-refractivity contribution < 1.29 is 4.39 Å². The summed E-state index contributed by atoms with van der Waals surface area (Å²) in [5, 5.41) is 10.3. The summed E-state index contributed by atoms with van der Waals surface area (Å²) in [5.41, 5.74) is 7.68. The van der Waals surface area contributed by atoms with Crippen LogP contribution in [-0.4, -0.2) is 20.2 Å². The number of aryl methyl sites for hydroxylation is 1. The summed E-state index contributed by atoms with van der Waals surface area (Å²) in [7, 11) is 0. The quantitative estimate of drug-likeness (QED) is 0.654. The number of halogens is 1. The Morgan fingerprint density at radius 2 is 2.16 bits per heavy atom. The van der Waals surface area contributed by atoms with Gasteiger partial charge in [0.15, 0.2) is 5.65 Å². The van der Waals surface area contributed by atoms with E-state index in [4.69, 9.17) is 5.73 Å². The summed E-state index contributed by atoms with van der Waals surface area (Å²) < 4.78 is 13.3. The third-order valence-corrected chi connectivity index (χ3v) is 2.78. The fourth-order valence-corrected chi connectivity index (χ4v) is 1.80. The topological polar surface area (TPSA) is 92.5 Å². The number of benzene rings is 1. The Morgan fingerprint density at radius 1 is 1.32 bits per heavy atom. The van der Waals surface area contributed by atoms with E-state index in [9.17, 15) is 4.39 Å². The first-order chi connectivity index (χ1) is 9.13. The average Bonchev–Trinajstić information content (AvgIpc) is 2.82. The zero-order chi connectivity index (χ0) is 13.4.